The van der Waals surface area contributed by atoms with Crippen molar-refractivity contribution < 1.29 is 43.2 Å². The van der Waals surface area contributed by atoms with E-state index in [-0.39, 0.29) is 13.2 Å². The van der Waals surface area contributed by atoms with E-state index >= 15 is 0 Å². The lowest BCUT2D eigenvalue weighted by Gasteiger charge is -2.35. The molecule has 3 atom stereocenters. The molecule has 0 aromatic rings. The van der Waals surface area contributed by atoms with Crippen LogP contribution in [0.1, 0.15) is 72.6 Å². The Morgan fingerprint density at radius 3 is 1.73 bits per heavy atom. The summed E-state index contributed by atoms with van der Waals surface area (Å²) in [6, 6.07) is 0. The maximum Gasteiger partial charge on any atom is 0.508 e. The average Bonchev–Trinajstić information content (AvgIpc) is 2.64. The predicted molar refractivity (Wildman–Crippen MR) is 107 cm³/mol. The molecule has 0 radical (unpaired) electrons. The van der Waals surface area contributed by atoms with Crippen LogP contribution in [0.15, 0.2) is 0 Å². The lowest BCUT2D eigenvalue weighted by atomic mass is 9.91. The Hall–Kier alpha value is -2.19. The first kappa shape index (κ1) is 25.8. The smallest absolute Gasteiger partial charge is 0.450 e. The van der Waals surface area contributed by atoms with E-state index in [9.17, 15) is 14.4 Å². The predicted octanol–water partition coefficient (Wildman–Crippen LogP) is 5.15. The van der Waals surface area contributed by atoms with Gasteiger partial charge in [0, 0.05) is 0 Å². The second kappa shape index (κ2) is 13.9. The van der Waals surface area contributed by atoms with E-state index in [0.29, 0.717) is 43.9 Å². The molecule has 0 amide bonds. The van der Waals surface area contributed by atoms with E-state index < -0.39 is 36.8 Å². The number of rotatable bonds is 11. The fraction of sp³-hybridized carbons (Fsp3) is 0.857. The van der Waals surface area contributed by atoms with E-state index in [0.717, 1.165) is 12.8 Å². The summed E-state index contributed by atoms with van der Waals surface area (Å²) in [5, 5.41) is 8.97. The number of carbonyl (C=O) groups excluding carboxylic acids is 2. The van der Waals surface area contributed by atoms with Gasteiger partial charge < -0.3 is 28.8 Å². The monoisotopic (exact) mass is 432 g/mol. The van der Waals surface area contributed by atoms with Crippen LogP contribution in [0.3, 0.4) is 0 Å². The summed E-state index contributed by atoms with van der Waals surface area (Å²) in [6.45, 7) is 8.70. The third kappa shape index (κ3) is 11.1. The Morgan fingerprint density at radius 2 is 1.27 bits per heavy atom. The summed E-state index contributed by atoms with van der Waals surface area (Å²) in [6.07, 6.45) is -1.70. The zero-order chi connectivity index (χ0) is 22.5. The Labute approximate surface area is 178 Å². The molecular formula is C21H36O9. The van der Waals surface area contributed by atoms with E-state index in [2.05, 4.69) is 27.7 Å². The van der Waals surface area contributed by atoms with Crippen LogP contribution in [0.4, 0.5) is 14.4 Å². The number of carbonyl (C=O) groups is 3. The van der Waals surface area contributed by atoms with Crippen molar-refractivity contribution in [3.8, 4) is 0 Å². The Morgan fingerprint density at radius 1 is 0.800 bits per heavy atom. The van der Waals surface area contributed by atoms with Gasteiger partial charge in [-0.25, -0.2) is 14.4 Å². The summed E-state index contributed by atoms with van der Waals surface area (Å²) in [4.78, 5) is 35.1. The molecule has 0 saturated heterocycles. The minimum atomic E-state index is -1.49. The lowest BCUT2D eigenvalue weighted by Crippen LogP contribution is -2.48. The Bertz CT molecular complexity index is 533. The van der Waals surface area contributed by atoms with Gasteiger partial charge >= 0.3 is 18.5 Å². The van der Waals surface area contributed by atoms with E-state index in [4.69, 9.17) is 28.8 Å². The molecule has 30 heavy (non-hydrogen) atoms. The fourth-order valence-corrected chi connectivity index (χ4v) is 3.22. The van der Waals surface area contributed by atoms with Gasteiger partial charge in [0.25, 0.3) is 0 Å². The van der Waals surface area contributed by atoms with Gasteiger partial charge in [-0.3, -0.25) is 0 Å². The van der Waals surface area contributed by atoms with Crippen LogP contribution >= 0.6 is 0 Å². The van der Waals surface area contributed by atoms with Crippen LogP contribution < -0.4 is 0 Å². The maximum absolute atomic E-state index is 12.1. The highest BCUT2D eigenvalue weighted by molar-refractivity contribution is 5.62. The van der Waals surface area contributed by atoms with Crippen LogP contribution in [0.25, 0.3) is 0 Å². The first-order chi connectivity index (χ1) is 14.2. The SMILES string of the molecule is CC(C)CCCOC(=O)OC1CCCC(OC(=O)O)C1OC(=O)OCCCC(C)C. The molecule has 1 N–H and O–H groups in total. The third-order valence-corrected chi connectivity index (χ3v) is 4.73. The summed E-state index contributed by atoms with van der Waals surface area (Å²) in [5.41, 5.74) is 0. The van der Waals surface area contributed by atoms with Gasteiger partial charge in [0.15, 0.2) is 6.10 Å². The highest BCUT2D eigenvalue weighted by atomic mass is 16.8. The molecule has 9 nitrogen and oxygen atoms in total. The fourth-order valence-electron chi connectivity index (χ4n) is 3.22. The van der Waals surface area contributed by atoms with Gasteiger partial charge in [0.2, 0.25) is 0 Å². The van der Waals surface area contributed by atoms with Crippen molar-refractivity contribution in [2.75, 3.05) is 13.2 Å². The van der Waals surface area contributed by atoms with Crippen LogP contribution in [-0.4, -0.2) is 55.1 Å². The zero-order valence-electron chi connectivity index (χ0n) is 18.5. The largest absolute Gasteiger partial charge is 0.508 e. The van der Waals surface area contributed by atoms with E-state index in [1.54, 1.807) is 0 Å². The molecule has 9 heteroatoms. The second-order valence-corrected chi connectivity index (χ2v) is 8.36. The van der Waals surface area contributed by atoms with Crippen LogP contribution in [-0.2, 0) is 23.7 Å². The molecule has 1 aliphatic carbocycles. The highest BCUT2D eigenvalue weighted by Gasteiger charge is 2.42. The van der Waals surface area contributed by atoms with Crippen LogP contribution in [0, 0.1) is 11.8 Å². The van der Waals surface area contributed by atoms with Crippen molar-refractivity contribution in [3.63, 3.8) is 0 Å². The van der Waals surface area contributed by atoms with Gasteiger partial charge in [0.1, 0.15) is 12.2 Å². The minimum Gasteiger partial charge on any atom is -0.450 e. The quantitative estimate of drug-likeness (QED) is 0.268. The number of hydrogen-bond acceptors (Lipinski definition) is 8. The summed E-state index contributed by atoms with van der Waals surface area (Å²) in [7, 11) is 0. The molecule has 1 saturated carbocycles. The highest BCUT2D eigenvalue weighted by Crippen LogP contribution is 2.28. The number of ether oxygens (including phenoxy) is 5. The molecule has 0 aromatic carbocycles. The van der Waals surface area contributed by atoms with Gasteiger partial charge in [-0.15, -0.1) is 0 Å². The van der Waals surface area contributed by atoms with Crippen LogP contribution in [0.5, 0.6) is 0 Å². The number of hydrogen-bond donors (Lipinski definition) is 1. The van der Waals surface area contributed by atoms with Gasteiger partial charge in [0.05, 0.1) is 13.2 Å². The topological polar surface area (TPSA) is 118 Å². The van der Waals surface area contributed by atoms with Gasteiger partial charge in [-0.2, -0.15) is 0 Å². The standard InChI is InChI=1S/C21H36O9/c1-14(2)8-6-12-26-20(24)29-17-11-5-10-16(28-19(22)23)18(17)30-21(25)27-13-7-9-15(3)4/h14-18H,5-13H2,1-4H3,(H,22,23). The summed E-state index contributed by atoms with van der Waals surface area (Å²) < 4.78 is 25.6. The Balaban J connectivity index is 2.61. The average molecular weight is 433 g/mol. The summed E-state index contributed by atoms with van der Waals surface area (Å²) >= 11 is 0. The van der Waals surface area contributed by atoms with Crippen molar-refractivity contribution in [2.24, 2.45) is 11.8 Å². The van der Waals surface area contributed by atoms with Crippen LogP contribution in [0.2, 0.25) is 0 Å². The van der Waals surface area contributed by atoms with E-state index in [1.165, 1.54) is 0 Å². The maximum atomic E-state index is 12.1. The molecule has 0 heterocycles. The molecule has 0 bridgehead atoms. The van der Waals surface area contributed by atoms with Crippen molar-refractivity contribution in [2.45, 2.75) is 91.0 Å². The molecule has 0 aromatic heterocycles. The molecule has 0 aliphatic heterocycles. The Kier molecular flexibility index (Phi) is 12.0. The zero-order valence-corrected chi connectivity index (χ0v) is 18.5. The lowest BCUT2D eigenvalue weighted by molar-refractivity contribution is -0.123. The van der Waals surface area contributed by atoms with Crippen molar-refractivity contribution in [1.29, 1.82) is 0 Å². The van der Waals surface area contributed by atoms with Crippen molar-refractivity contribution in [3.05, 3.63) is 0 Å². The first-order valence-corrected chi connectivity index (χ1v) is 10.8. The summed E-state index contributed by atoms with van der Waals surface area (Å²) in [5.74, 6) is 0.988. The van der Waals surface area contributed by atoms with Crippen molar-refractivity contribution >= 4 is 18.5 Å². The molecular weight excluding hydrogens is 396 g/mol. The molecule has 1 aliphatic rings. The third-order valence-electron chi connectivity index (χ3n) is 4.73. The molecule has 3 unspecified atom stereocenters. The number of carboxylic acid groups (broad SMARTS) is 1. The second-order valence-electron chi connectivity index (χ2n) is 8.36. The van der Waals surface area contributed by atoms with Gasteiger partial charge in [-0.05, 0) is 56.8 Å². The molecule has 174 valence electrons. The van der Waals surface area contributed by atoms with E-state index in [1.807, 2.05) is 0 Å². The molecule has 0 spiro atoms. The minimum absolute atomic E-state index is 0.192. The van der Waals surface area contributed by atoms with Crippen molar-refractivity contribution in [1.82, 2.24) is 0 Å². The normalized spacial score (nSPS) is 21.2. The first-order valence-electron chi connectivity index (χ1n) is 10.8. The molecule has 1 rings (SSSR count). The van der Waals surface area contributed by atoms with Gasteiger partial charge in [-0.1, -0.05) is 27.7 Å². The molecule has 1 fully saturated rings.